The fourth-order valence-corrected chi connectivity index (χ4v) is 3.77. The van der Waals surface area contributed by atoms with E-state index in [1.165, 1.54) is 6.07 Å². The fraction of sp³-hybridized carbons (Fsp3) is 0.278. The highest BCUT2D eigenvalue weighted by Gasteiger charge is 2.16. The van der Waals surface area contributed by atoms with Crippen molar-refractivity contribution in [3.63, 3.8) is 0 Å². The van der Waals surface area contributed by atoms with E-state index in [-0.39, 0.29) is 23.5 Å². The highest BCUT2D eigenvalue weighted by Crippen LogP contribution is 2.20. The number of anilines is 1. The third-order valence-electron chi connectivity index (χ3n) is 3.52. The largest absolute Gasteiger partial charge is 0.336 e. The van der Waals surface area contributed by atoms with Crippen molar-refractivity contribution in [2.24, 2.45) is 0 Å². The molecule has 0 heterocycles. The molecular formula is C18H22ClN3O3S. The maximum Gasteiger partial charge on any atom is 0.319 e. The van der Waals surface area contributed by atoms with E-state index in [0.717, 1.165) is 5.56 Å². The number of hydrogen-bond donors (Lipinski definition) is 3. The Morgan fingerprint density at radius 3 is 2.35 bits per heavy atom. The van der Waals surface area contributed by atoms with E-state index in [9.17, 15) is 13.2 Å². The van der Waals surface area contributed by atoms with E-state index < -0.39 is 10.0 Å². The number of aryl methyl sites for hydroxylation is 1. The smallest absolute Gasteiger partial charge is 0.319 e. The Hall–Kier alpha value is -2.09. The van der Waals surface area contributed by atoms with Gasteiger partial charge < -0.3 is 10.6 Å². The highest BCUT2D eigenvalue weighted by atomic mass is 35.5. The average Bonchev–Trinajstić information content (AvgIpc) is 2.53. The van der Waals surface area contributed by atoms with Crippen molar-refractivity contribution in [3.8, 4) is 0 Å². The van der Waals surface area contributed by atoms with Gasteiger partial charge in [0, 0.05) is 23.3 Å². The lowest BCUT2D eigenvalue weighted by Crippen LogP contribution is -2.34. The zero-order valence-electron chi connectivity index (χ0n) is 14.8. The summed E-state index contributed by atoms with van der Waals surface area (Å²) in [6.07, 6.45) is 0. The SMILES string of the molecule is Cc1cc(Cl)ccc1S(=O)(=O)NCc1ccc(NC(=O)NC(C)C)cc1. The summed E-state index contributed by atoms with van der Waals surface area (Å²) in [6.45, 7) is 5.58. The van der Waals surface area contributed by atoms with Gasteiger partial charge in [-0.05, 0) is 62.2 Å². The summed E-state index contributed by atoms with van der Waals surface area (Å²) >= 11 is 5.87. The Morgan fingerprint density at radius 1 is 1.12 bits per heavy atom. The van der Waals surface area contributed by atoms with Gasteiger partial charge in [0.05, 0.1) is 4.90 Å². The number of benzene rings is 2. The van der Waals surface area contributed by atoms with Crippen LogP contribution in [0.25, 0.3) is 0 Å². The van der Waals surface area contributed by atoms with Crippen molar-refractivity contribution >= 4 is 33.3 Å². The van der Waals surface area contributed by atoms with Gasteiger partial charge in [0.1, 0.15) is 0 Å². The molecule has 140 valence electrons. The molecule has 0 saturated carbocycles. The summed E-state index contributed by atoms with van der Waals surface area (Å²) in [5.41, 5.74) is 1.99. The Balaban J connectivity index is 2.00. The van der Waals surface area contributed by atoms with E-state index in [1.54, 1.807) is 43.3 Å². The van der Waals surface area contributed by atoms with Crippen LogP contribution in [-0.2, 0) is 16.6 Å². The lowest BCUT2D eigenvalue weighted by atomic mass is 10.2. The number of carbonyl (C=O) groups excluding carboxylic acids is 1. The van der Waals surface area contributed by atoms with Gasteiger partial charge in [0.2, 0.25) is 10.0 Å². The highest BCUT2D eigenvalue weighted by molar-refractivity contribution is 7.89. The zero-order valence-corrected chi connectivity index (χ0v) is 16.4. The Morgan fingerprint density at radius 2 is 1.77 bits per heavy atom. The van der Waals surface area contributed by atoms with Crippen LogP contribution in [0.2, 0.25) is 5.02 Å². The van der Waals surface area contributed by atoms with Crippen molar-refractivity contribution in [1.82, 2.24) is 10.0 Å². The molecular weight excluding hydrogens is 374 g/mol. The van der Waals surface area contributed by atoms with E-state index >= 15 is 0 Å². The summed E-state index contributed by atoms with van der Waals surface area (Å²) in [6, 6.07) is 11.3. The normalized spacial score (nSPS) is 11.4. The second-order valence-corrected chi connectivity index (χ2v) is 8.36. The number of hydrogen-bond acceptors (Lipinski definition) is 3. The second kappa shape index (κ2) is 8.53. The van der Waals surface area contributed by atoms with Crippen LogP contribution in [-0.4, -0.2) is 20.5 Å². The van der Waals surface area contributed by atoms with Crippen LogP contribution in [0, 0.1) is 6.92 Å². The molecule has 0 fully saturated rings. The van der Waals surface area contributed by atoms with Crippen LogP contribution in [0.3, 0.4) is 0 Å². The van der Waals surface area contributed by atoms with Gasteiger partial charge in [-0.15, -0.1) is 0 Å². The molecule has 2 amide bonds. The van der Waals surface area contributed by atoms with Gasteiger partial charge >= 0.3 is 6.03 Å². The van der Waals surface area contributed by atoms with Gasteiger partial charge in [-0.2, -0.15) is 0 Å². The quantitative estimate of drug-likeness (QED) is 0.697. The fourth-order valence-electron chi connectivity index (χ4n) is 2.31. The molecule has 0 saturated heterocycles. The van der Waals surface area contributed by atoms with Crippen molar-refractivity contribution in [1.29, 1.82) is 0 Å². The van der Waals surface area contributed by atoms with E-state index in [0.29, 0.717) is 16.3 Å². The Bertz CT molecular complexity index is 881. The van der Waals surface area contributed by atoms with E-state index in [4.69, 9.17) is 11.6 Å². The molecule has 26 heavy (non-hydrogen) atoms. The summed E-state index contributed by atoms with van der Waals surface area (Å²) in [5, 5.41) is 5.93. The van der Waals surface area contributed by atoms with Gasteiger partial charge in [-0.25, -0.2) is 17.9 Å². The molecule has 2 rings (SSSR count). The Labute approximate surface area is 159 Å². The molecule has 0 bridgehead atoms. The minimum Gasteiger partial charge on any atom is -0.336 e. The lowest BCUT2D eigenvalue weighted by Gasteiger charge is -2.11. The number of sulfonamides is 1. The van der Waals surface area contributed by atoms with Gasteiger partial charge in [-0.3, -0.25) is 0 Å². The predicted octanol–water partition coefficient (Wildman–Crippen LogP) is 3.66. The van der Waals surface area contributed by atoms with Crippen LogP contribution in [0.5, 0.6) is 0 Å². The molecule has 0 unspecified atom stereocenters. The number of nitrogens with one attached hydrogen (secondary N) is 3. The molecule has 8 heteroatoms. The molecule has 2 aromatic rings. The van der Waals surface area contributed by atoms with Gasteiger partial charge in [0.25, 0.3) is 0 Å². The molecule has 0 aromatic heterocycles. The number of amides is 2. The zero-order chi connectivity index (χ0) is 19.3. The molecule has 0 aliphatic heterocycles. The minimum absolute atomic E-state index is 0.0417. The number of carbonyl (C=O) groups is 1. The standard InChI is InChI=1S/C18H22ClN3O3S/c1-12(2)21-18(23)22-16-7-4-14(5-8-16)11-20-26(24,25)17-9-6-15(19)10-13(17)3/h4-10,12,20H,11H2,1-3H3,(H2,21,22,23). The van der Waals surface area contributed by atoms with Crippen molar-refractivity contribution < 1.29 is 13.2 Å². The lowest BCUT2D eigenvalue weighted by molar-refractivity contribution is 0.250. The molecule has 2 aromatic carbocycles. The first kappa shape index (κ1) is 20.2. The van der Waals surface area contributed by atoms with Crippen molar-refractivity contribution in [3.05, 3.63) is 58.6 Å². The molecule has 0 spiro atoms. The first-order valence-corrected chi connectivity index (χ1v) is 9.96. The molecule has 0 radical (unpaired) electrons. The van der Waals surface area contributed by atoms with E-state index in [1.807, 2.05) is 13.8 Å². The van der Waals surface area contributed by atoms with Crippen LogP contribution >= 0.6 is 11.6 Å². The minimum atomic E-state index is -3.64. The molecule has 0 aliphatic carbocycles. The van der Waals surface area contributed by atoms with Crippen LogP contribution in [0.4, 0.5) is 10.5 Å². The van der Waals surface area contributed by atoms with Crippen LogP contribution in [0.15, 0.2) is 47.4 Å². The molecule has 0 atom stereocenters. The van der Waals surface area contributed by atoms with Crippen LogP contribution < -0.4 is 15.4 Å². The number of halogens is 1. The third-order valence-corrected chi connectivity index (χ3v) is 5.32. The number of urea groups is 1. The Kier molecular flexibility index (Phi) is 6.63. The molecule has 0 aliphatic rings. The summed E-state index contributed by atoms with van der Waals surface area (Å²) in [5.74, 6) is 0. The van der Waals surface area contributed by atoms with Crippen LogP contribution in [0.1, 0.15) is 25.0 Å². The topological polar surface area (TPSA) is 87.3 Å². The van der Waals surface area contributed by atoms with E-state index in [2.05, 4.69) is 15.4 Å². The first-order chi connectivity index (χ1) is 12.2. The monoisotopic (exact) mass is 395 g/mol. The maximum absolute atomic E-state index is 12.4. The van der Waals surface area contributed by atoms with Gasteiger partial charge in [-0.1, -0.05) is 23.7 Å². The molecule has 3 N–H and O–H groups in total. The maximum atomic E-state index is 12.4. The van der Waals surface area contributed by atoms with Crippen molar-refractivity contribution in [2.45, 2.75) is 38.3 Å². The third kappa shape index (κ3) is 5.72. The molecule has 6 nitrogen and oxygen atoms in total. The summed E-state index contributed by atoms with van der Waals surface area (Å²) in [4.78, 5) is 11.9. The predicted molar refractivity (Wildman–Crippen MR) is 104 cm³/mol. The second-order valence-electron chi connectivity index (χ2n) is 6.18. The van der Waals surface area contributed by atoms with Crippen molar-refractivity contribution in [2.75, 3.05) is 5.32 Å². The average molecular weight is 396 g/mol. The number of rotatable bonds is 6. The first-order valence-electron chi connectivity index (χ1n) is 8.09. The van der Waals surface area contributed by atoms with Gasteiger partial charge in [0.15, 0.2) is 0 Å². The summed E-state index contributed by atoms with van der Waals surface area (Å²) < 4.78 is 27.4. The summed E-state index contributed by atoms with van der Waals surface area (Å²) in [7, 11) is -3.64.